The monoisotopic (exact) mass is 268 g/mol. The Kier molecular flexibility index (Phi) is 4.11. The summed E-state index contributed by atoms with van der Waals surface area (Å²) >= 11 is 0. The quantitative estimate of drug-likeness (QED) is 0.609. The van der Waals surface area contributed by atoms with Gasteiger partial charge >= 0.3 is 7.57 Å². The highest BCUT2D eigenvalue weighted by atomic mass is 31.2. The molecule has 0 spiro atoms. The summed E-state index contributed by atoms with van der Waals surface area (Å²) in [5.74, 6) is 0. The molecule has 19 heavy (non-hydrogen) atoms. The topological polar surface area (TPSA) is 12.9 Å². The Morgan fingerprint density at radius 3 is 2.16 bits per heavy atom. The molecule has 1 aromatic heterocycles. The van der Waals surface area contributed by atoms with E-state index in [9.17, 15) is 0 Å². The summed E-state index contributed by atoms with van der Waals surface area (Å²) in [6.45, 7) is 6.70. The average Bonchev–Trinajstić information content (AvgIpc) is 2.39. The van der Waals surface area contributed by atoms with Crippen LogP contribution in [0.1, 0.15) is 26.5 Å². The number of rotatable bonds is 3. The molecule has 1 aromatic carbocycles. The van der Waals surface area contributed by atoms with Crippen LogP contribution in [0.4, 0.5) is 0 Å². The Bertz CT molecular complexity index is 521. The fourth-order valence-corrected chi connectivity index (χ4v) is 4.99. The van der Waals surface area contributed by atoms with E-state index in [0.29, 0.717) is 0 Å². The van der Waals surface area contributed by atoms with E-state index in [1.807, 2.05) is 24.4 Å². The minimum atomic E-state index is -1.79. The Morgan fingerprint density at radius 1 is 1.00 bits per heavy atom. The smallest absolute Gasteiger partial charge is 0.258 e. The van der Waals surface area contributed by atoms with E-state index in [4.69, 9.17) is 7.57 Å². The van der Waals surface area contributed by atoms with Gasteiger partial charge in [-0.25, -0.2) is 0 Å². The Balaban J connectivity index is 2.42. The van der Waals surface area contributed by atoms with Gasteiger partial charge in [0, 0.05) is 13.3 Å². The first-order valence-corrected chi connectivity index (χ1v) is 8.60. The molecule has 0 saturated carbocycles. The molecule has 2 aromatic rings. The van der Waals surface area contributed by atoms with Crippen LogP contribution in [0, 0.1) is 0 Å². The van der Waals surface area contributed by atoms with Gasteiger partial charge in [-0.1, -0.05) is 24.3 Å². The number of benzene rings is 1. The molecule has 2 rings (SSSR count). The fraction of sp³-hybridized carbons (Fsp3) is 0.312. The number of pyridine rings is 1. The second-order valence-electron chi connectivity index (χ2n) is 5.85. The van der Waals surface area contributed by atoms with Gasteiger partial charge in [0.05, 0.1) is 22.3 Å². The highest BCUT2D eigenvalue weighted by molar-refractivity contribution is 8.03. The van der Waals surface area contributed by atoms with Crippen LogP contribution >= 0.6 is 7.14 Å². The summed E-state index contributed by atoms with van der Waals surface area (Å²) in [5.41, 5.74) is 1.08. The molecule has 0 aliphatic heterocycles. The van der Waals surface area contributed by atoms with Gasteiger partial charge in [-0.3, -0.25) is 4.98 Å². The van der Waals surface area contributed by atoms with Crippen LogP contribution in [0.15, 0.2) is 54.7 Å². The van der Waals surface area contributed by atoms with Crippen molar-refractivity contribution in [1.29, 1.82) is 0 Å². The van der Waals surface area contributed by atoms with Crippen molar-refractivity contribution >= 4 is 20.0 Å². The van der Waals surface area contributed by atoms with E-state index in [2.05, 4.69) is 56.1 Å². The summed E-state index contributed by atoms with van der Waals surface area (Å²) in [6.07, 6.45) is 2.69. The average molecular weight is 268 g/mol. The second-order valence-corrected chi connectivity index (χ2v) is 9.77. The molecule has 0 N–H and O–H groups in total. The molecule has 0 fully saturated rings. The third-order valence-electron chi connectivity index (χ3n) is 3.55. The first-order valence-electron chi connectivity index (χ1n) is 6.56. The van der Waals surface area contributed by atoms with Crippen molar-refractivity contribution in [1.82, 2.24) is 4.98 Å². The standard InChI is InChI=1S/C16H20BNP/c1-16(2,3)19(17,15-10-5-4-6-11-15)13-14-9-7-8-12-18-14/h4-12H,13H2,1-3H3/q+1. The molecule has 1 atom stereocenters. The first-order chi connectivity index (χ1) is 8.93. The maximum atomic E-state index is 6.90. The lowest BCUT2D eigenvalue weighted by atomic mass is 10.2. The van der Waals surface area contributed by atoms with Crippen molar-refractivity contribution in [2.45, 2.75) is 32.1 Å². The van der Waals surface area contributed by atoms with Gasteiger partial charge in [-0.15, -0.1) is 0 Å². The molecule has 0 aliphatic rings. The second kappa shape index (κ2) is 5.47. The molecule has 0 amide bonds. The maximum Gasteiger partial charge on any atom is 0.372 e. The van der Waals surface area contributed by atoms with Crippen LogP contribution in [0.25, 0.3) is 0 Å². The third kappa shape index (κ3) is 3.07. The zero-order chi connectivity index (χ0) is 13.9. The molecule has 1 nitrogen and oxygen atoms in total. The number of nitrogens with zero attached hydrogens (tertiary/aromatic N) is 1. The molecular formula is C16H20BNP+. The largest absolute Gasteiger partial charge is 0.372 e. The molecule has 3 heteroatoms. The minimum Gasteiger partial charge on any atom is -0.258 e. The van der Waals surface area contributed by atoms with Gasteiger partial charge < -0.3 is 0 Å². The van der Waals surface area contributed by atoms with Crippen LogP contribution in [0.3, 0.4) is 0 Å². The van der Waals surface area contributed by atoms with E-state index in [0.717, 1.165) is 11.9 Å². The van der Waals surface area contributed by atoms with Crippen molar-refractivity contribution in [3.8, 4) is 0 Å². The van der Waals surface area contributed by atoms with Crippen LogP contribution in [0.5, 0.6) is 0 Å². The predicted molar refractivity (Wildman–Crippen MR) is 86.4 cm³/mol. The van der Waals surface area contributed by atoms with Crippen LogP contribution in [0.2, 0.25) is 0 Å². The van der Waals surface area contributed by atoms with Crippen molar-refractivity contribution in [3.05, 3.63) is 60.4 Å². The SMILES string of the molecule is [B][P+](Cc1ccccn1)(c1ccccc1)C(C)(C)C. The van der Waals surface area contributed by atoms with E-state index in [1.165, 1.54) is 5.30 Å². The Labute approximate surface area is 118 Å². The lowest BCUT2D eigenvalue weighted by Crippen LogP contribution is -2.30. The zero-order valence-electron chi connectivity index (χ0n) is 11.9. The van der Waals surface area contributed by atoms with Crippen molar-refractivity contribution in [2.24, 2.45) is 0 Å². The lowest BCUT2D eigenvalue weighted by Gasteiger charge is -2.36. The Hall–Kier alpha value is -1.14. The highest BCUT2D eigenvalue weighted by Crippen LogP contribution is 2.65. The molecule has 0 saturated heterocycles. The molecule has 1 unspecified atom stereocenters. The molecule has 0 aliphatic carbocycles. The maximum absolute atomic E-state index is 6.90. The number of hydrogen-bond acceptors (Lipinski definition) is 1. The fourth-order valence-electron chi connectivity index (χ4n) is 2.16. The molecule has 0 bridgehead atoms. The van der Waals surface area contributed by atoms with Gasteiger partial charge in [-0.05, 0) is 45.0 Å². The lowest BCUT2D eigenvalue weighted by molar-refractivity contribution is 0.780. The summed E-state index contributed by atoms with van der Waals surface area (Å²) in [4.78, 5) is 4.45. The summed E-state index contributed by atoms with van der Waals surface area (Å²) < 4.78 is 0. The van der Waals surface area contributed by atoms with E-state index in [-0.39, 0.29) is 5.16 Å². The number of hydrogen-bond donors (Lipinski definition) is 0. The molecule has 96 valence electrons. The normalized spacial score (nSPS) is 14.9. The van der Waals surface area contributed by atoms with Gasteiger partial charge in [0.15, 0.2) is 0 Å². The summed E-state index contributed by atoms with van der Waals surface area (Å²) in [6, 6.07) is 16.5. The minimum absolute atomic E-state index is 0.0614. The zero-order valence-corrected chi connectivity index (χ0v) is 12.8. The van der Waals surface area contributed by atoms with Crippen LogP contribution < -0.4 is 5.30 Å². The van der Waals surface area contributed by atoms with Crippen LogP contribution in [-0.2, 0) is 6.16 Å². The Morgan fingerprint density at radius 2 is 1.63 bits per heavy atom. The van der Waals surface area contributed by atoms with Gasteiger partial charge in [0.25, 0.3) is 0 Å². The van der Waals surface area contributed by atoms with Gasteiger partial charge in [-0.2, -0.15) is 0 Å². The van der Waals surface area contributed by atoms with Crippen molar-refractivity contribution < 1.29 is 0 Å². The van der Waals surface area contributed by atoms with Crippen molar-refractivity contribution in [2.75, 3.05) is 0 Å². The van der Waals surface area contributed by atoms with E-state index >= 15 is 0 Å². The highest BCUT2D eigenvalue weighted by Gasteiger charge is 2.46. The van der Waals surface area contributed by atoms with Gasteiger partial charge in [0.2, 0.25) is 0 Å². The molecule has 2 radical (unpaired) electrons. The number of aromatic nitrogens is 1. The van der Waals surface area contributed by atoms with E-state index in [1.54, 1.807) is 0 Å². The van der Waals surface area contributed by atoms with Gasteiger partial charge in [0.1, 0.15) is 0 Å². The summed E-state index contributed by atoms with van der Waals surface area (Å²) in [5, 5.41) is 1.33. The summed E-state index contributed by atoms with van der Waals surface area (Å²) in [7, 11) is 5.11. The van der Waals surface area contributed by atoms with Crippen LogP contribution in [-0.4, -0.2) is 17.7 Å². The third-order valence-corrected chi connectivity index (χ3v) is 7.99. The molecular weight excluding hydrogens is 248 g/mol. The van der Waals surface area contributed by atoms with Crippen molar-refractivity contribution in [3.63, 3.8) is 0 Å². The first kappa shape index (κ1) is 14.3. The molecule has 1 heterocycles. The predicted octanol–water partition coefficient (Wildman–Crippen LogP) is 3.81. The van der Waals surface area contributed by atoms with E-state index < -0.39 is 7.14 Å².